The lowest BCUT2D eigenvalue weighted by molar-refractivity contribution is -0.137. The fraction of sp³-hybridized carbons (Fsp3) is 0.444. The van der Waals surface area contributed by atoms with Gasteiger partial charge in [-0.15, -0.1) is 0 Å². The van der Waals surface area contributed by atoms with E-state index in [0.29, 0.717) is 38.5 Å². The Hall–Kier alpha value is -4.02. The zero-order valence-electron chi connectivity index (χ0n) is 26.5. The third kappa shape index (κ3) is 9.04. The van der Waals surface area contributed by atoms with Gasteiger partial charge >= 0.3 is 6.09 Å². The zero-order chi connectivity index (χ0) is 32.3. The van der Waals surface area contributed by atoms with Crippen molar-refractivity contribution in [2.24, 2.45) is 5.92 Å². The predicted molar refractivity (Wildman–Crippen MR) is 172 cm³/mol. The summed E-state index contributed by atoms with van der Waals surface area (Å²) < 4.78 is 39.8. The summed E-state index contributed by atoms with van der Waals surface area (Å²) in [6.45, 7) is 6.85. The first-order valence-electron chi connectivity index (χ1n) is 16.3. The van der Waals surface area contributed by atoms with Gasteiger partial charge in [-0.2, -0.15) is 0 Å². The number of hydrogen-bond donors (Lipinski definition) is 1. The Morgan fingerprint density at radius 2 is 1.50 bits per heavy atom. The number of alkyl carbamates (subject to hydrolysis) is 1. The molecule has 3 aromatic rings. The smallest absolute Gasteiger partial charge is 0.408 e. The molecule has 0 bridgehead atoms. The van der Waals surface area contributed by atoms with E-state index < -0.39 is 23.8 Å². The normalized spacial score (nSPS) is 17.0. The summed E-state index contributed by atoms with van der Waals surface area (Å²) in [5, 5.41) is 2.92. The maximum Gasteiger partial charge on any atom is 0.408 e. The van der Waals surface area contributed by atoms with Crippen molar-refractivity contribution in [1.82, 2.24) is 20.0 Å². The molecule has 3 aromatic carbocycles. The first-order valence-corrected chi connectivity index (χ1v) is 16.3. The Kier molecular flexibility index (Phi) is 12.0. The number of nitrogens with zero attached hydrogens (tertiary/aromatic N) is 3. The molecule has 2 aliphatic rings. The minimum absolute atomic E-state index is 0.0297. The van der Waals surface area contributed by atoms with Crippen molar-refractivity contribution >= 4 is 12.0 Å². The lowest BCUT2D eigenvalue weighted by Crippen LogP contribution is -2.58. The summed E-state index contributed by atoms with van der Waals surface area (Å²) >= 11 is 0. The van der Waals surface area contributed by atoms with E-state index in [1.165, 1.54) is 11.6 Å². The van der Waals surface area contributed by atoms with Crippen LogP contribution in [-0.4, -0.2) is 85.2 Å². The van der Waals surface area contributed by atoms with Gasteiger partial charge < -0.3 is 24.6 Å². The highest BCUT2D eigenvalue weighted by Crippen LogP contribution is 2.27. The lowest BCUT2D eigenvalue weighted by Gasteiger charge is -2.40. The average molecular weight is 635 g/mol. The summed E-state index contributed by atoms with van der Waals surface area (Å²) in [7, 11) is 0. The number of rotatable bonds is 12. The van der Waals surface area contributed by atoms with Crippen LogP contribution in [0, 0.1) is 17.6 Å². The number of piperidine rings is 1. The molecule has 5 rings (SSSR count). The van der Waals surface area contributed by atoms with Crippen LogP contribution < -0.4 is 10.1 Å². The van der Waals surface area contributed by atoms with Gasteiger partial charge in [0.25, 0.3) is 0 Å². The highest BCUT2D eigenvalue weighted by atomic mass is 19.2. The summed E-state index contributed by atoms with van der Waals surface area (Å²) in [5.74, 6) is -1.65. The standard InChI is InChI=1S/C36H44F2N4O4/c1-2-45-32-14-13-31(37)33(38)30(32)25-41-21-23-42(24-22-41)35(43)34(39-36(44)46-26-28-11-7-4-8-12-28)29-16-19-40(20-17-29)18-15-27-9-5-3-6-10-27/h3-14,29,34H,2,15-26H2,1H3,(H,39,44)/t34-/m1/s1. The van der Waals surface area contributed by atoms with Gasteiger partial charge in [0.1, 0.15) is 18.4 Å². The molecule has 0 unspecified atom stereocenters. The average Bonchev–Trinajstić information content (AvgIpc) is 3.10. The van der Waals surface area contributed by atoms with Crippen LogP contribution in [0.3, 0.4) is 0 Å². The van der Waals surface area contributed by atoms with Crippen molar-refractivity contribution in [3.05, 3.63) is 101 Å². The zero-order valence-corrected chi connectivity index (χ0v) is 26.5. The fourth-order valence-corrected chi connectivity index (χ4v) is 6.27. The molecule has 46 heavy (non-hydrogen) atoms. The molecular weight excluding hydrogens is 590 g/mol. The van der Waals surface area contributed by atoms with E-state index in [-0.39, 0.29) is 30.5 Å². The van der Waals surface area contributed by atoms with Crippen LogP contribution in [0.1, 0.15) is 36.5 Å². The van der Waals surface area contributed by atoms with E-state index in [9.17, 15) is 18.4 Å². The number of benzene rings is 3. The molecule has 246 valence electrons. The van der Waals surface area contributed by atoms with E-state index in [2.05, 4.69) is 34.5 Å². The monoisotopic (exact) mass is 634 g/mol. The third-order valence-corrected chi connectivity index (χ3v) is 8.93. The number of likely N-dealkylation sites (tertiary alicyclic amines) is 1. The maximum atomic E-state index is 14.7. The van der Waals surface area contributed by atoms with E-state index >= 15 is 0 Å². The first-order chi connectivity index (χ1) is 22.4. The molecular formula is C36H44F2N4O4. The van der Waals surface area contributed by atoms with Crippen molar-refractivity contribution in [3.8, 4) is 5.75 Å². The van der Waals surface area contributed by atoms with Crippen molar-refractivity contribution in [2.45, 2.75) is 45.4 Å². The number of amides is 2. The molecule has 0 saturated carbocycles. The first kappa shape index (κ1) is 33.3. The van der Waals surface area contributed by atoms with Crippen LogP contribution in [0.15, 0.2) is 72.8 Å². The highest BCUT2D eigenvalue weighted by molar-refractivity contribution is 5.86. The van der Waals surface area contributed by atoms with Crippen LogP contribution in [0.4, 0.5) is 13.6 Å². The number of halogens is 2. The molecule has 2 aliphatic heterocycles. The minimum atomic E-state index is -0.911. The van der Waals surface area contributed by atoms with Crippen molar-refractivity contribution < 1.29 is 27.8 Å². The van der Waals surface area contributed by atoms with Gasteiger partial charge in [0, 0.05) is 44.8 Å². The Bertz CT molecular complexity index is 1410. The molecule has 2 saturated heterocycles. The number of hydrogen-bond acceptors (Lipinski definition) is 6. The van der Waals surface area contributed by atoms with Crippen LogP contribution >= 0.6 is 0 Å². The van der Waals surface area contributed by atoms with Gasteiger partial charge in [-0.25, -0.2) is 13.6 Å². The summed E-state index contributed by atoms with van der Waals surface area (Å²) in [5.41, 5.74) is 2.35. The largest absolute Gasteiger partial charge is 0.493 e. The molecule has 1 N–H and O–H groups in total. The molecule has 8 nitrogen and oxygen atoms in total. The van der Waals surface area contributed by atoms with Gasteiger partial charge in [-0.3, -0.25) is 9.69 Å². The summed E-state index contributed by atoms with van der Waals surface area (Å²) in [6, 6.07) is 21.7. The summed E-state index contributed by atoms with van der Waals surface area (Å²) in [4.78, 5) is 33.2. The Morgan fingerprint density at radius 1 is 0.848 bits per heavy atom. The number of nitrogens with one attached hydrogen (secondary N) is 1. The molecule has 2 amide bonds. The lowest BCUT2D eigenvalue weighted by atomic mass is 9.88. The molecule has 2 fully saturated rings. The SMILES string of the molecule is CCOc1ccc(F)c(F)c1CN1CCN(C(=O)[C@H](NC(=O)OCc2ccccc2)C2CCN(CCc3ccccc3)CC2)CC1. The second-order valence-electron chi connectivity index (χ2n) is 12.0. The van der Waals surface area contributed by atoms with E-state index in [1.54, 1.807) is 11.8 Å². The molecule has 0 aliphatic carbocycles. The van der Waals surface area contributed by atoms with Gasteiger partial charge in [0.05, 0.1) is 6.61 Å². The minimum Gasteiger partial charge on any atom is -0.493 e. The van der Waals surface area contributed by atoms with Gasteiger partial charge in [-0.05, 0) is 68.5 Å². The third-order valence-electron chi connectivity index (χ3n) is 8.93. The Balaban J connectivity index is 1.20. The highest BCUT2D eigenvalue weighted by Gasteiger charge is 2.37. The molecule has 2 heterocycles. The second kappa shape index (κ2) is 16.5. The van der Waals surface area contributed by atoms with Crippen LogP contribution in [0.2, 0.25) is 0 Å². The number of ether oxygens (including phenoxy) is 2. The predicted octanol–water partition coefficient (Wildman–Crippen LogP) is 5.26. The molecule has 0 spiro atoms. The molecule has 0 radical (unpaired) electrons. The van der Waals surface area contributed by atoms with Crippen LogP contribution in [0.25, 0.3) is 0 Å². The van der Waals surface area contributed by atoms with Crippen LogP contribution in [-0.2, 0) is 29.1 Å². The number of piperazine rings is 1. The van der Waals surface area contributed by atoms with Crippen LogP contribution in [0.5, 0.6) is 5.75 Å². The summed E-state index contributed by atoms with van der Waals surface area (Å²) in [6.07, 6.45) is 1.91. The van der Waals surface area contributed by atoms with E-state index in [1.807, 2.05) is 41.3 Å². The second-order valence-corrected chi connectivity index (χ2v) is 12.0. The number of carbonyl (C=O) groups is 2. The van der Waals surface area contributed by atoms with Gasteiger partial charge in [-0.1, -0.05) is 60.7 Å². The van der Waals surface area contributed by atoms with Crippen molar-refractivity contribution in [2.75, 3.05) is 52.4 Å². The maximum absolute atomic E-state index is 14.7. The fourth-order valence-electron chi connectivity index (χ4n) is 6.27. The van der Waals surface area contributed by atoms with Crippen molar-refractivity contribution in [3.63, 3.8) is 0 Å². The Labute approximate surface area is 270 Å². The van der Waals surface area contributed by atoms with Crippen molar-refractivity contribution in [1.29, 1.82) is 0 Å². The van der Waals surface area contributed by atoms with Gasteiger partial charge in [0.2, 0.25) is 5.91 Å². The quantitative estimate of drug-likeness (QED) is 0.293. The van der Waals surface area contributed by atoms with E-state index in [4.69, 9.17) is 9.47 Å². The molecule has 1 atom stereocenters. The Morgan fingerprint density at radius 3 is 2.15 bits per heavy atom. The van der Waals surface area contributed by atoms with Gasteiger partial charge in [0.15, 0.2) is 11.6 Å². The molecule has 10 heteroatoms. The molecule has 0 aromatic heterocycles. The van der Waals surface area contributed by atoms with E-state index in [0.717, 1.165) is 50.5 Å². The number of carbonyl (C=O) groups excluding carboxylic acids is 2. The topological polar surface area (TPSA) is 74.3 Å².